The van der Waals surface area contributed by atoms with E-state index in [1.807, 2.05) is 10.2 Å². The fourth-order valence-corrected chi connectivity index (χ4v) is 2.47. The van der Waals surface area contributed by atoms with Crippen molar-refractivity contribution in [2.24, 2.45) is 0 Å². The number of allylic oxidation sites excluding steroid dienone is 1. The summed E-state index contributed by atoms with van der Waals surface area (Å²) in [4.78, 5) is 0. The molecule has 0 aromatic heterocycles. The third-order valence-electron chi connectivity index (χ3n) is 1.72. The molecule has 0 saturated carbocycles. The van der Waals surface area contributed by atoms with Crippen molar-refractivity contribution < 1.29 is 13.6 Å². The van der Waals surface area contributed by atoms with Crippen molar-refractivity contribution in [1.29, 1.82) is 0 Å². The Balaban J connectivity index is 4.00. The molecule has 0 N–H and O–H groups in total. The zero-order chi connectivity index (χ0) is 10.8. The van der Waals surface area contributed by atoms with Gasteiger partial charge in [-0.15, -0.1) is 0 Å². The SMILES string of the molecule is O=P[C@H](CCC=CI)[C@@H](COP)OP. The minimum absolute atomic E-state index is 0.0133. The molecule has 82 valence electrons. The molecule has 0 heterocycles. The van der Waals surface area contributed by atoms with Crippen LogP contribution in [0.25, 0.3) is 0 Å². The summed E-state index contributed by atoms with van der Waals surface area (Å²) in [5.41, 5.74) is -0.0133. The molecule has 2 unspecified atom stereocenters. The van der Waals surface area contributed by atoms with Gasteiger partial charge in [0.15, 0.2) is 8.46 Å². The lowest BCUT2D eigenvalue weighted by atomic mass is 10.1. The number of hydrogen-bond donors (Lipinski definition) is 0. The third kappa shape index (κ3) is 6.76. The molecular weight excluding hydrogens is 352 g/mol. The topological polar surface area (TPSA) is 35.5 Å². The second kappa shape index (κ2) is 10.9. The monoisotopic (exact) mass is 366 g/mol. The van der Waals surface area contributed by atoms with Crippen molar-refractivity contribution in [3.8, 4) is 0 Å². The normalized spacial score (nSPS) is 16.2. The summed E-state index contributed by atoms with van der Waals surface area (Å²) in [6.07, 6.45) is 3.64. The van der Waals surface area contributed by atoms with Crippen molar-refractivity contribution in [2.75, 3.05) is 6.61 Å². The van der Waals surface area contributed by atoms with Crippen LogP contribution in [0.15, 0.2) is 10.2 Å². The van der Waals surface area contributed by atoms with E-state index in [9.17, 15) is 4.57 Å². The van der Waals surface area contributed by atoms with E-state index in [4.69, 9.17) is 9.05 Å². The molecule has 0 aliphatic heterocycles. The highest BCUT2D eigenvalue weighted by molar-refractivity contribution is 14.1. The molecule has 0 amide bonds. The molecule has 0 spiro atoms. The largest absolute Gasteiger partial charge is 0.363 e. The highest BCUT2D eigenvalue weighted by atomic mass is 127. The van der Waals surface area contributed by atoms with Gasteiger partial charge in [0.05, 0.1) is 18.4 Å². The lowest BCUT2D eigenvalue weighted by Gasteiger charge is -2.18. The number of hydrogen-bond acceptors (Lipinski definition) is 3. The van der Waals surface area contributed by atoms with E-state index in [1.165, 1.54) is 0 Å². The van der Waals surface area contributed by atoms with Gasteiger partial charge in [0.1, 0.15) is 0 Å². The predicted molar refractivity (Wildman–Crippen MR) is 74.0 cm³/mol. The molecule has 14 heavy (non-hydrogen) atoms. The highest BCUT2D eigenvalue weighted by Crippen LogP contribution is 2.22. The van der Waals surface area contributed by atoms with Gasteiger partial charge in [0.25, 0.3) is 0 Å². The summed E-state index contributed by atoms with van der Waals surface area (Å²) < 4.78 is 22.9. The summed E-state index contributed by atoms with van der Waals surface area (Å²) in [6, 6.07) is 0. The van der Waals surface area contributed by atoms with Gasteiger partial charge in [0.2, 0.25) is 0 Å². The van der Waals surface area contributed by atoms with Crippen molar-refractivity contribution in [3.63, 3.8) is 0 Å². The fraction of sp³-hybridized carbons (Fsp3) is 0.714. The number of halogens is 1. The second-order valence-corrected chi connectivity index (χ2v) is 4.82. The van der Waals surface area contributed by atoms with E-state index >= 15 is 0 Å². The van der Waals surface area contributed by atoms with Gasteiger partial charge in [-0.1, -0.05) is 28.7 Å². The van der Waals surface area contributed by atoms with E-state index in [0.29, 0.717) is 6.61 Å². The van der Waals surface area contributed by atoms with Gasteiger partial charge in [0, 0.05) is 18.9 Å². The lowest BCUT2D eigenvalue weighted by Crippen LogP contribution is -2.25. The average molecular weight is 366 g/mol. The first-order valence-corrected chi connectivity index (χ1v) is 7.12. The molecule has 0 rings (SSSR count). The lowest BCUT2D eigenvalue weighted by molar-refractivity contribution is 0.157. The van der Waals surface area contributed by atoms with Crippen LogP contribution in [0.3, 0.4) is 0 Å². The van der Waals surface area contributed by atoms with Gasteiger partial charge in [-0.25, -0.2) is 0 Å². The zero-order valence-corrected chi connectivity index (χ0v) is 13.0. The molecule has 0 aromatic carbocycles. The maximum atomic E-state index is 10.9. The highest BCUT2D eigenvalue weighted by Gasteiger charge is 2.21. The molecule has 4 atom stereocenters. The molecule has 0 aliphatic carbocycles. The number of rotatable bonds is 8. The van der Waals surface area contributed by atoms with Gasteiger partial charge < -0.3 is 9.05 Å². The van der Waals surface area contributed by atoms with E-state index in [2.05, 4.69) is 41.5 Å². The molecule has 0 bridgehead atoms. The minimum atomic E-state index is -0.140. The predicted octanol–water partition coefficient (Wildman–Crippen LogP) is 3.36. The van der Waals surface area contributed by atoms with Crippen LogP contribution in [0.4, 0.5) is 0 Å². The van der Waals surface area contributed by atoms with Crippen molar-refractivity contribution in [3.05, 3.63) is 10.2 Å². The van der Waals surface area contributed by atoms with Crippen LogP contribution in [0.1, 0.15) is 12.8 Å². The van der Waals surface area contributed by atoms with Crippen LogP contribution >= 0.6 is 50.0 Å². The summed E-state index contributed by atoms with van der Waals surface area (Å²) in [5, 5.41) is 0. The Labute approximate surface area is 105 Å². The quantitative estimate of drug-likeness (QED) is 0.488. The van der Waals surface area contributed by atoms with Crippen LogP contribution in [0.2, 0.25) is 0 Å². The Morgan fingerprint density at radius 2 is 2.21 bits per heavy atom. The van der Waals surface area contributed by atoms with Gasteiger partial charge in [-0.05, 0) is 16.9 Å². The average Bonchev–Trinajstić information content (AvgIpc) is 2.22. The first-order valence-electron chi connectivity index (χ1n) is 4.05. The summed E-state index contributed by atoms with van der Waals surface area (Å²) in [6.45, 7) is 0.433. The van der Waals surface area contributed by atoms with Crippen LogP contribution in [-0.4, -0.2) is 18.4 Å². The molecular formula is C7H14IO3P3. The van der Waals surface area contributed by atoms with Gasteiger partial charge in [-0.2, -0.15) is 0 Å². The Kier molecular flexibility index (Phi) is 11.9. The first-order chi connectivity index (χ1) is 6.79. The van der Waals surface area contributed by atoms with E-state index in [0.717, 1.165) is 12.8 Å². The molecule has 3 nitrogen and oxygen atoms in total. The maximum absolute atomic E-state index is 10.9. The Morgan fingerprint density at radius 1 is 1.50 bits per heavy atom. The fourth-order valence-electron chi connectivity index (χ4n) is 0.972. The standard InChI is InChI=1S/C7H14IO3P3/c8-4-2-1-3-7(14-9)6(11-13)5-10-12/h2,4,6-7H,1,3,5,12-13H2/t6-,7-/m1/s1. The van der Waals surface area contributed by atoms with Crippen LogP contribution in [0, 0.1) is 0 Å². The van der Waals surface area contributed by atoms with Crippen LogP contribution in [-0.2, 0) is 13.6 Å². The van der Waals surface area contributed by atoms with E-state index in [1.54, 1.807) is 0 Å². The molecule has 0 saturated heterocycles. The zero-order valence-electron chi connectivity index (χ0n) is 7.64. The smallest absolute Gasteiger partial charge is 0.161 e. The first kappa shape index (κ1) is 15.3. The minimum Gasteiger partial charge on any atom is -0.363 e. The Hall–Kier alpha value is 1.35. The third-order valence-corrected chi connectivity index (χ3v) is 3.63. The van der Waals surface area contributed by atoms with Crippen LogP contribution in [0.5, 0.6) is 0 Å². The molecule has 0 aromatic rings. The van der Waals surface area contributed by atoms with Gasteiger partial charge in [-0.3, -0.25) is 4.57 Å². The molecule has 0 fully saturated rings. The van der Waals surface area contributed by atoms with Gasteiger partial charge >= 0.3 is 0 Å². The van der Waals surface area contributed by atoms with Crippen molar-refractivity contribution >= 4 is 50.0 Å². The van der Waals surface area contributed by atoms with Crippen molar-refractivity contribution in [2.45, 2.75) is 24.6 Å². The Bertz CT molecular complexity index is 180. The molecule has 0 radical (unpaired) electrons. The molecule has 7 heteroatoms. The van der Waals surface area contributed by atoms with Crippen molar-refractivity contribution in [1.82, 2.24) is 0 Å². The maximum Gasteiger partial charge on any atom is 0.161 e. The van der Waals surface area contributed by atoms with Crippen LogP contribution < -0.4 is 0 Å². The Morgan fingerprint density at radius 3 is 2.64 bits per heavy atom. The summed E-state index contributed by atoms with van der Waals surface area (Å²) in [7, 11) is 4.47. The summed E-state index contributed by atoms with van der Waals surface area (Å²) in [5.74, 6) is 0. The van der Waals surface area contributed by atoms with E-state index < -0.39 is 0 Å². The molecule has 0 aliphatic rings. The second-order valence-electron chi connectivity index (χ2n) is 2.62. The van der Waals surface area contributed by atoms with E-state index in [-0.39, 0.29) is 20.2 Å². The summed E-state index contributed by atoms with van der Waals surface area (Å²) >= 11 is 2.17.